The Bertz CT molecular complexity index is 184. The third-order valence-electron chi connectivity index (χ3n) is 5.09. The van der Waals surface area contributed by atoms with E-state index in [1.165, 1.54) is 38.5 Å². The van der Waals surface area contributed by atoms with E-state index in [1.54, 1.807) is 19.3 Å². The molecule has 0 bridgehead atoms. The molecule has 0 aliphatic heterocycles. The lowest BCUT2D eigenvalue weighted by molar-refractivity contribution is 0.0505. The second-order valence-electron chi connectivity index (χ2n) is 6.08. The molecule has 2 aliphatic carbocycles. The van der Waals surface area contributed by atoms with E-state index >= 15 is 0 Å². The largest absolute Gasteiger partial charge is 0.0654 e. The van der Waals surface area contributed by atoms with Gasteiger partial charge in [0.1, 0.15) is 0 Å². The number of fused-ring (bicyclic) bond motifs is 1. The van der Waals surface area contributed by atoms with Gasteiger partial charge in [-0.25, -0.2) is 0 Å². The molecule has 4 unspecified atom stereocenters. The lowest BCUT2D eigenvalue weighted by Crippen LogP contribution is -2.36. The Morgan fingerprint density at radius 2 is 2.00 bits per heavy atom. The first-order chi connectivity index (χ1) is 7.33. The maximum Gasteiger partial charge on any atom is -0.0355 e. The van der Waals surface area contributed by atoms with E-state index in [0.29, 0.717) is 0 Å². The molecular formula is C15H28. The van der Waals surface area contributed by atoms with Crippen LogP contribution in [0.4, 0.5) is 0 Å². The lowest BCUT2D eigenvalue weighted by atomic mass is 9.61. The normalized spacial score (nSPS) is 36.0. The summed E-state index contributed by atoms with van der Waals surface area (Å²) in [5, 5.41) is 0. The third kappa shape index (κ3) is 2.57. The highest BCUT2D eigenvalue weighted by atomic mass is 14.5. The van der Waals surface area contributed by atoms with Crippen LogP contribution in [-0.2, 0) is 0 Å². The molecule has 0 heteroatoms. The van der Waals surface area contributed by atoms with Crippen LogP contribution in [0, 0.1) is 23.7 Å². The van der Waals surface area contributed by atoms with Gasteiger partial charge in [0, 0.05) is 0 Å². The van der Waals surface area contributed by atoms with Gasteiger partial charge in [-0.05, 0) is 36.5 Å². The molecule has 2 saturated carbocycles. The van der Waals surface area contributed by atoms with Gasteiger partial charge in [-0.2, -0.15) is 0 Å². The van der Waals surface area contributed by atoms with Crippen LogP contribution in [0.15, 0.2) is 0 Å². The second-order valence-corrected chi connectivity index (χ2v) is 6.08. The SMILES string of the molecule is CCCCCCC(C)C1CC2CCCC21. The monoisotopic (exact) mass is 208 g/mol. The van der Waals surface area contributed by atoms with Gasteiger partial charge in [-0.3, -0.25) is 0 Å². The van der Waals surface area contributed by atoms with Crippen molar-refractivity contribution in [3.8, 4) is 0 Å². The highest BCUT2D eigenvalue weighted by Gasteiger charge is 2.45. The van der Waals surface area contributed by atoms with E-state index in [2.05, 4.69) is 13.8 Å². The number of hydrogen-bond acceptors (Lipinski definition) is 0. The zero-order valence-electron chi connectivity index (χ0n) is 10.7. The van der Waals surface area contributed by atoms with E-state index in [9.17, 15) is 0 Å². The summed E-state index contributed by atoms with van der Waals surface area (Å²) in [6.45, 7) is 4.82. The van der Waals surface area contributed by atoms with Gasteiger partial charge in [0.15, 0.2) is 0 Å². The van der Waals surface area contributed by atoms with Gasteiger partial charge in [-0.15, -0.1) is 0 Å². The van der Waals surface area contributed by atoms with Crippen molar-refractivity contribution in [2.75, 3.05) is 0 Å². The molecule has 15 heavy (non-hydrogen) atoms. The Labute approximate surface area is 95.8 Å². The summed E-state index contributed by atoms with van der Waals surface area (Å²) >= 11 is 0. The first-order valence-corrected chi connectivity index (χ1v) is 7.33. The molecule has 0 amide bonds. The Morgan fingerprint density at radius 3 is 2.73 bits per heavy atom. The smallest absolute Gasteiger partial charge is 0.0355 e. The molecule has 0 saturated heterocycles. The summed E-state index contributed by atoms with van der Waals surface area (Å²) in [6, 6.07) is 0. The number of rotatable bonds is 6. The minimum Gasteiger partial charge on any atom is -0.0654 e. The van der Waals surface area contributed by atoms with Crippen molar-refractivity contribution >= 4 is 0 Å². The molecule has 0 heterocycles. The van der Waals surface area contributed by atoms with E-state index in [0.717, 1.165) is 23.7 Å². The van der Waals surface area contributed by atoms with Gasteiger partial charge in [0.05, 0.1) is 0 Å². The summed E-state index contributed by atoms with van der Waals surface area (Å²) in [5.74, 6) is 4.47. The third-order valence-corrected chi connectivity index (χ3v) is 5.09. The van der Waals surface area contributed by atoms with Crippen molar-refractivity contribution in [2.24, 2.45) is 23.7 Å². The average Bonchev–Trinajstić information content (AvgIpc) is 2.55. The fourth-order valence-corrected chi connectivity index (χ4v) is 4.01. The minimum absolute atomic E-state index is 1.03. The molecule has 0 aromatic rings. The molecule has 4 atom stereocenters. The first kappa shape index (κ1) is 11.5. The molecule has 0 aromatic heterocycles. The van der Waals surface area contributed by atoms with Gasteiger partial charge in [0.25, 0.3) is 0 Å². The Hall–Kier alpha value is 0. The van der Waals surface area contributed by atoms with Crippen LogP contribution in [0.2, 0.25) is 0 Å². The predicted molar refractivity (Wildman–Crippen MR) is 66.9 cm³/mol. The molecule has 2 rings (SSSR count). The quantitative estimate of drug-likeness (QED) is 0.537. The van der Waals surface area contributed by atoms with Crippen molar-refractivity contribution in [2.45, 2.75) is 71.6 Å². The van der Waals surface area contributed by atoms with Crippen molar-refractivity contribution < 1.29 is 0 Å². The predicted octanol–water partition coefficient (Wildman–Crippen LogP) is 5.03. The summed E-state index contributed by atoms with van der Waals surface area (Å²) in [7, 11) is 0. The van der Waals surface area contributed by atoms with Crippen molar-refractivity contribution in [1.82, 2.24) is 0 Å². The number of hydrogen-bond donors (Lipinski definition) is 0. The minimum atomic E-state index is 1.03. The molecule has 0 radical (unpaired) electrons. The maximum atomic E-state index is 2.52. The topological polar surface area (TPSA) is 0 Å². The van der Waals surface area contributed by atoms with Crippen LogP contribution < -0.4 is 0 Å². The Balaban J connectivity index is 1.62. The lowest BCUT2D eigenvalue weighted by Gasteiger charge is -2.44. The summed E-state index contributed by atoms with van der Waals surface area (Å²) < 4.78 is 0. The second kappa shape index (κ2) is 5.37. The molecule has 0 N–H and O–H groups in total. The standard InChI is InChI=1S/C15H28/c1-3-4-5-6-8-12(2)15-11-13-9-7-10-14(13)15/h12-15H,3-11H2,1-2H3. The fourth-order valence-electron chi connectivity index (χ4n) is 4.01. The summed E-state index contributed by atoms with van der Waals surface area (Å²) in [4.78, 5) is 0. The molecule has 88 valence electrons. The van der Waals surface area contributed by atoms with Gasteiger partial charge >= 0.3 is 0 Å². The van der Waals surface area contributed by atoms with Crippen LogP contribution >= 0.6 is 0 Å². The van der Waals surface area contributed by atoms with Crippen LogP contribution in [0.5, 0.6) is 0 Å². The van der Waals surface area contributed by atoms with E-state index in [1.807, 2.05) is 0 Å². The summed E-state index contributed by atoms with van der Waals surface area (Å²) in [5.41, 5.74) is 0. The van der Waals surface area contributed by atoms with Crippen LogP contribution in [-0.4, -0.2) is 0 Å². The molecule has 2 fully saturated rings. The van der Waals surface area contributed by atoms with Crippen molar-refractivity contribution in [3.05, 3.63) is 0 Å². The highest BCUT2D eigenvalue weighted by molar-refractivity contribution is 4.95. The first-order valence-electron chi connectivity index (χ1n) is 7.33. The van der Waals surface area contributed by atoms with Crippen LogP contribution in [0.1, 0.15) is 71.6 Å². The maximum absolute atomic E-state index is 2.52. The Morgan fingerprint density at radius 1 is 1.13 bits per heavy atom. The van der Waals surface area contributed by atoms with Crippen LogP contribution in [0.25, 0.3) is 0 Å². The van der Waals surface area contributed by atoms with Crippen LogP contribution in [0.3, 0.4) is 0 Å². The van der Waals surface area contributed by atoms with E-state index in [4.69, 9.17) is 0 Å². The van der Waals surface area contributed by atoms with Gasteiger partial charge < -0.3 is 0 Å². The zero-order chi connectivity index (χ0) is 10.7. The molecule has 2 aliphatic rings. The van der Waals surface area contributed by atoms with Gasteiger partial charge in [0.2, 0.25) is 0 Å². The van der Waals surface area contributed by atoms with E-state index in [-0.39, 0.29) is 0 Å². The van der Waals surface area contributed by atoms with E-state index < -0.39 is 0 Å². The molecule has 0 nitrogen and oxygen atoms in total. The average molecular weight is 208 g/mol. The number of unbranched alkanes of at least 4 members (excludes halogenated alkanes) is 3. The van der Waals surface area contributed by atoms with Crippen molar-refractivity contribution in [1.29, 1.82) is 0 Å². The molecular weight excluding hydrogens is 180 g/mol. The van der Waals surface area contributed by atoms with Crippen molar-refractivity contribution in [3.63, 3.8) is 0 Å². The molecule has 0 aromatic carbocycles. The molecule has 0 spiro atoms. The zero-order valence-corrected chi connectivity index (χ0v) is 10.7. The summed E-state index contributed by atoms with van der Waals surface area (Å²) in [6.07, 6.45) is 13.5. The van der Waals surface area contributed by atoms with Gasteiger partial charge in [-0.1, -0.05) is 58.8 Å². The highest BCUT2D eigenvalue weighted by Crippen LogP contribution is 2.54. The fraction of sp³-hybridized carbons (Fsp3) is 1.00. The Kier molecular flexibility index (Phi) is 4.11.